The normalized spacial score (nSPS) is 62.4. The highest BCUT2D eigenvalue weighted by molar-refractivity contribution is 5.39. The van der Waals surface area contributed by atoms with Gasteiger partial charge < -0.3 is 44.5 Å². The average Bonchev–Trinajstić information content (AvgIpc) is 3.19. The molecule has 3 unspecified atom stereocenters. The zero-order chi connectivity index (χ0) is 25.3. The predicted octanol–water partition coefficient (Wildman–Crippen LogP) is -1.79. The Labute approximate surface area is 206 Å². The fourth-order valence-corrected chi connectivity index (χ4v) is 11.0. The molecule has 1 aliphatic heterocycles. The standard InChI is InChI=1S/C25H41NO9/c1-6-26-9-22(10-32-2)12(27)7-13(33-3)24-11-8-23(30)19(28)14(11)25(31,20(29)21(23)35-5)15(18(24)26)16(34-4)17(22)24/h11-21,27-31H,6-10H2,1-5H3/t11-,12-,13+,14-,15?,16+,17-,18?,19-,20+,21+,22+,23-,24?,25-/m1/s1. The SMILES string of the molecule is CCN1C[C@]2(COC)[C@H](O)C[C@H](OC)C34C1C([C@H](OC)[C@@H]32)[C@]1(O)[C@@H]2[C@H]4C[C@@](O)([C@@H]2O)[C@@H](OC)[C@@H]1O. The van der Waals surface area contributed by atoms with Crippen molar-refractivity contribution < 1.29 is 44.5 Å². The summed E-state index contributed by atoms with van der Waals surface area (Å²) in [6.07, 6.45) is -4.95. The molecule has 1 saturated heterocycles. The summed E-state index contributed by atoms with van der Waals surface area (Å²) in [6, 6.07) is -0.240. The summed E-state index contributed by atoms with van der Waals surface area (Å²) in [7, 11) is 6.29. The smallest absolute Gasteiger partial charge is 0.120 e. The summed E-state index contributed by atoms with van der Waals surface area (Å²) >= 11 is 0. The molecule has 6 fully saturated rings. The summed E-state index contributed by atoms with van der Waals surface area (Å²) < 4.78 is 23.7. The van der Waals surface area contributed by atoms with Gasteiger partial charge in [-0.25, -0.2) is 0 Å². The van der Waals surface area contributed by atoms with E-state index in [0.29, 0.717) is 26.1 Å². The minimum atomic E-state index is -1.76. The third-order valence-corrected chi connectivity index (χ3v) is 11.7. The molecular formula is C25H41NO9. The second kappa shape index (κ2) is 7.59. The number of ether oxygens (including phenoxy) is 4. The number of piperidine rings is 1. The van der Waals surface area contributed by atoms with E-state index in [9.17, 15) is 25.5 Å². The molecule has 0 aromatic heterocycles. The van der Waals surface area contributed by atoms with Gasteiger partial charge in [0.1, 0.15) is 23.4 Å². The first-order valence-electron chi connectivity index (χ1n) is 12.9. The molecule has 7 bridgehead atoms. The summed E-state index contributed by atoms with van der Waals surface area (Å²) in [5.74, 6) is -2.04. The van der Waals surface area contributed by atoms with Gasteiger partial charge in [-0.05, 0) is 18.9 Å². The first kappa shape index (κ1) is 24.9. The number of likely N-dealkylation sites (tertiary alicyclic amines) is 1. The zero-order valence-electron chi connectivity index (χ0n) is 21.2. The highest BCUT2D eigenvalue weighted by Crippen LogP contribution is 2.79. The fourth-order valence-electron chi connectivity index (χ4n) is 11.0. The molecule has 0 amide bonds. The maximum absolute atomic E-state index is 12.6. The van der Waals surface area contributed by atoms with Gasteiger partial charge in [-0.1, -0.05) is 6.92 Å². The van der Waals surface area contributed by atoms with Crippen molar-refractivity contribution in [3.8, 4) is 0 Å². The summed E-state index contributed by atoms with van der Waals surface area (Å²) in [5.41, 5.74) is -4.81. The van der Waals surface area contributed by atoms with Crippen LogP contribution in [0, 0.1) is 34.5 Å². The topological polar surface area (TPSA) is 141 Å². The van der Waals surface area contributed by atoms with Crippen LogP contribution >= 0.6 is 0 Å². The van der Waals surface area contributed by atoms with Crippen LogP contribution in [0.3, 0.4) is 0 Å². The van der Waals surface area contributed by atoms with Crippen molar-refractivity contribution in [2.75, 3.05) is 48.1 Å². The molecule has 1 spiro atoms. The van der Waals surface area contributed by atoms with E-state index in [2.05, 4.69) is 11.8 Å². The average molecular weight is 500 g/mol. The Morgan fingerprint density at radius 2 is 1.66 bits per heavy atom. The lowest BCUT2D eigenvalue weighted by Crippen LogP contribution is -2.81. The molecule has 5 N–H and O–H groups in total. The van der Waals surface area contributed by atoms with Gasteiger partial charge in [0.2, 0.25) is 0 Å². The lowest BCUT2D eigenvalue weighted by Gasteiger charge is -2.70. The number of fused-ring (bicyclic) bond motifs is 2. The van der Waals surface area contributed by atoms with Crippen molar-refractivity contribution in [3.05, 3.63) is 0 Å². The number of hydrogen-bond donors (Lipinski definition) is 5. The molecule has 5 aliphatic carbocycles. The molecule has 1 heterocycles. The summed E-state index contributed by atoms with van der Waals surface area (Å²) in [4.78, 5) is 2.29. The van der Waals surface area contributed by atoms with Crippen LogP contribution in [-0.2, 0) is 18.9 Å². The Morgan fingerprint density at radius 3 is 2.23 bits per heavy atom. The summed E-state index contributed by atoms with van der Waals surface area (Å²) in [5, 5.41) is 59.3. The monoisotopic (exact) mass is 499 g/mol. The molecular weight excluding hydrogens is 458 g/mol. The van der Waals surface area contributed by atoms with Gasteiger partial charge in [0.15, 0.2) is 0 Å². The summed E-state index contributed by atoms with van der Waals surface area (Å²) in [6.45, 7) is 3.58. The fraction of sp³-hybridized carbons (Fsp3) is 1.00. The van der Waals surface area contributed by atoms with E-state index in [4.69, 9.17) is 18.9 Å². The van der Waals surface area contributed by atoms with Gasteiger partial charge in [0.05, 0.1) is 31.0 Å². The molecule has 10 heteroatoms. The van der Waals surface area contributed by atoms with Crippen LogP contribution in [0.1, 0.15) is 19.8 Å². The van der Waals surface area contributed by atoms with Crippen LogP contribution in [0.15, 0.2) is 0 Å². The van der Waals surface area contributed by atoms with Crippen LogP contribution in [0.5, 0.6) is 0 Å². The van der Waals surface area contributed by atoms with Crippen LogP contribution in [0.4, 0.5) is 0 Å². The minimum absolute atomic E-state index is 0.156. The van der Waals surface area contributed by atoms with E-state index in [0.717, 1.165) is 0 Å². The van der Waals surface area contributed by atoms with E-state index >= 15 is 0 Å². The van der Waals surface area contributed by atoms with Gasteiger partial charge in [-0.2, -0.15) is 0 Å². The van der Waals surface area contributed by atoms with Crippen LogP contribution < -0.4 is 0 Å². The van der Waals surface area contributed by atoms with Crippen LogP contribution in [0.25, 0.3) is 0 Å². The van der Waals surface area contributed by atoms with Crippen molar-refractivity contribution >= 4 is 0 Å². The van der Waals surface area contributed by atoms with Gasteiger partial charge in [0, 0.05) is 76.0 Å². The van der Waals surface area contributed by atoms with E-state index in [1.807, 2.05) is 0 Å². The van der Waals surface area contributed by atoms with Gasteiger partial charge in [0.25, 0.3) is 0 Å². The number of rotatable bonds is 6. The Bertz CT molecular complexity index is 878. The zero-order valence-corrected chi connectivity index (χ0v) is 21.2. The lowest BCUT2D eigenvalue weighted by molar-refractivity contribution is -0.320. The van der Waals surface area contributed by atoms with Crippen molar-refractivity contribution in [1.82, 2.24) is 4.90 Å². The van der Waals surface area contributed by atoms with E-state index in [1.165, 1.54) is 7.11 Å². The van der Waals surface area contributed by atoms with Crippen molar-refractivity contribution in [1.29, 1.82) is 0 Å². The molecule has 10 nitrogen and oxygen atoms in total. The Kier molecular flexibility index (Phi) is 5.40. The van der Waals surface area contributed by atoms with Crippen LogP contribution in [0.2, 0.25) is 0 Å². The number of aliphatic hydroxyl groups excluding tert-OH is 3. The van der Waals surface area contributed by atoms with Gasteiger partial charge in [-0.3, -0.25) is 4.90 Å². The van der Waals surface area contributed by atoms with Crippen molar-refractivity contribution in [3.63, 3.8) is 0 Å². The highest BCUT2D eigenvalue weighted by Gasteiger charge is 2.90. The lowest BCUT2D eigenvalue weighted by atomic mass is 9.42. The maximum atomic E-state index is 12.6. The molecule has 6 rings (SSSR count). The molecule has 0 aromatic carbocycles. The molecule has 35 heavy (non-hydrogen) atoms. The first-order chi connectivity index (χ1) is 16.6. The van der Waals surface area contributed by atoms with Crippen molar-refractivity contribution in [2.24, 2.45) is 34.5 Å². The second-order valence-corrected chi connectivity index (χ2v) is 12.1. The number of methoxy groups -OCH3 is 4. The van der Waals surface area contributed by atoms with E-state index < -0.39 is 76.4 Å². The largest absolute Gasteiger partial charge is 0.392 e. The first-order valence-corrected chi connectivity index (χ1v) is 12.9. The molecule has 200 valence electrons. The number of aliphatic hydroxyl groups is 5. The molecule has 15 atom stereocenters. The maximum Gasteiger partial charge on any atom is 0.120 e. The van der Waals surface area contributed by atoms with E-state index in [-0.39, 0.29) is 18.4 Å². The van der Waals surface area contributed by atoms with E-state index in [1.54, 1.807) is 21.3 Å². The third-order valence-electron chi connectivity index (χ3n) is 11.7. The highest BCUT2D eigenvalue weighted by atomic mass is 16.5. The van der Waals surface area contributed by atoms with Crippen LogP contribution in [-0.4, -0.2) is 132 Å². The predicted molar refractivity (Wildman–Crippen MR) is 121 cm³/mol. The Morgan fingerprint density at radius 1 is 0.943 bits per heavy atom. The molecule has 5 saturated carbocycles. The quantitative estimate of drug-likeness (QED) is 0.285. The van der Waals surface area contributed by atoms with Gasteiger partial charge >= 0.3 is 0 Å². The number of nitrogens with zero attached hydrogens (tertiary/aromatic N) is 1. The Balaban J connectivity index is 1.68. The number of hydrogen-bond acceptors (Lipinski definition) is 10. The molecule has 0 radical (unpaired) electrons. The third kappa shape index (κ3) is 2.35. The minimum Gasteiger partial charge on any atom is -0.392 e. The van der Waals surface area contributed by atoms with Gasteiger partial charge in [-0.15, -0.1) is 0 Å². The molecule has 6 aliphatic rings. The van der Waals surface area contributed by atoms with Crippen molar-refractivity contribution in [2.45, 2.75) is 73.6 Å². The Hall–Kier alpha value is -0.400. The molecule has 0 aromatic rings. The second-order valence-electron chi connectivity index (χ2n) is 12.1.